The van der Waals surface area contributed by atoms with Gasteiger partial charge in [0.05, 0.1) is 24.4 Å². The third-order valence-electron chi connectivity index (χ3n) is 3.54. The van der Waals surface area contributed by atoms with E-state index in [4.69, 9.17) is 22.2 Å². The Morgan fingerprint density at radius 1 is 1.25 bits per heavy atom. The number of hydrogen-bond donors (Lipinski definition) is 1. The van der Waals surface area contributed by atoms with Gasteiger partial charge in [-0.2, -0.15) is 5.26 Å². The largest absolute Gasteiger partial charge is 0.497 e. The van der Waals surface area contributed by atoms with E-state index in [2.05, 4.69) is 11.4 Å². The van der Waals surface area contributed by atoms with Crippen molar-refractivity contribution in [2.24, 2.45) is 0 Å². The molecule has 0 aromatic heterocycles. The molecule has 2 aromatic carbocycles. The quantitative estimate of drug-likeness (QED) is 0.690. The topological polar surface area (TPSA) is 65.4 Å². The Balaban J connectivity index is 1.90. The molecule has 1 aliphatic heterocycles. The van der Waals surface area contributed by atoms with E-state index in [1.807, 2.05) is 0 Å². The minimum absolute atomic E-state index is 0.238. The van der Waals surface area contributed by atoms with Gasteiger partial charge in [0.15, 0.2) is 5.11 Å². The van der Waals surface area contributed by atoms with Gasteiger partial charge in [0.2, 0.25) is 0 Å². The number of anilines is 1. The zero-order valence-corrected chi connectivity index (χ0v) is 13.6. The molecule has 118 valence electrons. The first kappa shape index (κ1) is 15.7. The van der Waals surface area contributed by atoms with Gasteiger partial charge < -0.3 is 10.1 Å². The van der Waals surface area contributed by atoms with Crippen LogP contribution in [0.1, 0.15) is 11.1 Å². The highest BCUT2D eigenvalue weighted by Gasteiger charge is 2.32. The van der Waals surface area contributed by atoms with Crippen molar-refractivity contribution in [2.45, 2.75) is 0 Å². The van der Waals surface area contributed by atoms with Crippen LogP contribution >= 0.6 is 12.2 Å². The molecule has 1 fully saturated rings. The summed E-state index contributed by atoms with van der Waals surface area (Å²) in [6.45, 7) is 0. The maximum absolute atomic E-state index is 12.7. The summed E-state index contributed by atoms with van der Waals surface area (Å²) in [7, 11) is 1.57. The Kier molecular flexibility index (Phi) is 4.27. The van der Waals surface area contributed by atoms with Gasteiger partial charge in [-0.1, -0.05) is 18.2 Å². The molecule has 0 unspecified atom stereocenters. The van der Waals surface area contributed by atoms with Gasteiger partial charge in [-0.15, -0.1) is 0 Å². The van der Waals surface area contributed by atoms with Gasteiger partial charge in [0, 0.05) is 6.07 Å². The number of nitrogens with zero attached hydrogens (tertiary/aromatic N) is 2. The maximum atomic E-state index is 12.7. The molecule has 1 N–H and O–H groups in total. The highest BCUT2D eigenvalue weighted by atomic mass is 32.1. The number of rotatable bonds is 3. The van der Waals surface area contributed by atoms with E-state index in [0.717, 1.165) is 5.56 Å². The number of hydrogen-bond acceptors (Lipinski definition) is 4. The number of carbonyl (C=O) groups is 1. The van der Waals surface area contributed by atoms with Crippen LogP contribution in [0, 0.1) is 11.3 Å². The van der Waals surface area contributed by atoms with Crippen LogP contribution in [0.2, 0.25) is 0 Å². The maximum Gasteiger partial charge on any atom is 0.281 e. The molecular weight excluding hydrogens is 322 g/mol. The molecule has 5 nitrogen and oxygen atoms in total. The minimum Gasteiger partial charge on any atom is -0.497 e. The monoisotopic (exact) mass is 335 g/mol. The number of amides is 1. The lowest BCUT2D eigenvalue weighted by molar-refractivity contribution is -0.113. The van der Waals surface area contributed by atoms with Crippen LogP contribution in [0.3, 0.4) is 0 Å². The highest BCUT2D eigenvalue weighted by molar-refractivity contribution is 7.80. The lowest BCUT2D eigenvalue weighted by atomic mass is 10.1. The molecule has 1 amide bonds. The molecule has 3 rings (SSSR count). The Morgan fingerprint density at radius 2 is 2.00 bits per heavy atom. The standard InChI is InChI=1S/C18H13N3O2S/c1-23-15-4-2-3-14(10-15)21-17(22)16(20-18(21)24)9-12-5-7-13(11-19)8-6-12/h2-10H,1H3,(H,20,24)/b16-9+. The number of nitrogens with one attached hydrogen (secondary N) is 1. The third kappa shape index (κ3) is 2.98. The van der Waals surface area contributed by atoms with Crippen LogP contribution in [0.4, 0.5) is 5.69 Å². The molecule has 0 bridgehead atoms. The molecule has 1 heterocycles. The number of ether oxygens (including phenoxy) is 1. The first-order chi connectivity index (χ1) is 11.6. The van der Waals surface area contributed by atoms with Crippen LogP contribution < -0.4 is 15.0 Å². The molecular formula is C18H13N3O2S. The summed E-state index contributed by atoms with van der Waals surface area (Å²) in [5, 5.41) is 12.1. The van der Waals surface area contributed by atoms with Gasteiger partial charge >= 0.3 is 0 Å². The predicted octanol–water partition coefficient (Wildman–Crippen LogP) is 2.83. The van der Waals surface area contributed by atoms with E-state index in [1.165, 1.54) is 4.90 Å². The lowest BCUT2D eigenvalue weighted by Gasteiger charge is -2.14. The number of methoxy groups -OCH3 is 1. The lowest BCUT2D eigenvalue weighted by Crippen LogP contribution is -2.30. The van der Waals surface area contributed by atoms with E-state index in [9.17, 15) is 4.79 Å². The summed E-state index contributed by atoms with van der Waals surface area (Å²) in [5.74, 6) is 0.408. The summed E-state index contributed by atoms with van der Waals surface area (Å²) in [6.07, 6.45) is 1.70. The fraction of sp³-hybridized carbons (Fsp3) is 0.0556. The second-order valence-electron chi connectivity index (χ2n) is 5.06. The van der Waals surface area contributed by atoms with Crippen LogP contribution in [0.5, 0.6) is 5.75 Å². The second-order valence-corrected chi connectivity index (χ2v) is 5.45. The zero-order chi connectivity index (χ0) is 17.1. The molecule has 0 atom stereocenters. The Hall–Kier alpha value is -3.17. The summed E-state index contributed by atoms with van der Waals surface area (Å²) in [4.78, 5) is 14.1. The third-order valence-corrected chi connectivity index (χ3v) is 3.83. The van der Waals surface area contributed by atoms with Crippen molar-refractivity contribution in [2.75, 3.05) is 12.0 Å². The van der Waals surface area contributed by atoms with Crippen molar-refractivity contribution in [1.29, 1.82) is 5.26 Å². The Bertz CT molecular complexity index is 882. The first-order valence-corrected chi connectivity index (χ1v) is 7.54. The number of benzene rings is 2. The van der Waals surface area contributed by atoms with Crippen molar-refractivity contribution in [3.05, 3.63) is 65.4 Å². The Labute approximate surface area is 144 Å². The normalized spacial score (nSPS) is 15.3. The fourth-order valence-corrected chi connectivity index (χ4v) is 2.64. The highest BCUT2D eigenvalue weighted by Crippen LogP contribution is 2.26. The molecule has 0 radical (unpaired) electrons. The van der Waals surface area contributed by atoms with Crippen molar-refractivity contribution >= 4 is 35.0 Å². The summed E-state index contributed by atoms with van der Waals surface area (Å²) >= 11 is 5.28. The number of carbonyl (C=O) groups excluding carboxylic acids is 1. The minimum atomic E-state index is -0.238. The van der Waals surface area contributed by atoms with Crippen molar-refractivity contribution in [3.63, 3.8) is 0 Å². The second kappa shape index (κ2) is 6.52. The average Bonchev–Trinajstić information content (AvgIpc) is 2.89. The van der Waals surface area contributed by atoms with Crippen molar-refractivity contribution < 1.29 is 9.53 Å². The van der Waals surface area contributed by atoms with E-state index >= 15 is 0 Å². The van der Waals surface area contributed by atoms with E-state index in [1.54, 1.807) is 61.7 Å². The van der Waals surface area contributed by atoms with Crippen LogP contribution in [0.25, 0.3) is 6.08 Å². The van der Waals surface area contributed by atoms with E-state index in [-0.39, 0.29) is 5.91 Å². The van der Waals surface area contributed by atoms with Gasteiger partial charge in [-0.05, 0) is 48.1 Å². The summed E-state index contributed by atoms with van der Waals surface area (Å²) in [5.41, 5.74) is 2.39. The number of nitriles is 1. The summed E-state index contributed by atoms with van der Waals surface area (Å²) < 4.78 is 5.19. The number of thiocarbonyl (C=S) groups is 1. The summed E-state index contributed by atoms with van der Waals surface area (Å²) in [6, 6.07) is 16.1. The molecule has 0 spiro atoms. The molecule has 2 aromatic rings. The van der Waals surface area contributed by atoms with Crippen LogP contribution in [-0.4, -0.2) is 18.1 Å². The molecule has 24 heavy (non-hydrogen) atoms. The van der Waals surface area contributed by atoms with Crippen LogP contribution in [0.15, 0.2) is 54.2 Å². The molecule has 0 saturated carbocycles. The average molecular weight is 335 g/mol. The smallest absolute Gasteiger partial charge is 0.281 e. The van der Waals surface area contributed by atoms with Gasteiger partial charge in [-0.25, -0.2) is 0 Å². The fourth-order valence-electron chi connectivity index (χ4n) is 2.34. The molecule has 1 saturated heterocycles. The SMILES string of the molecule is COc1cccc(N2C(=O)/C(=C\c3ccc(C#N)cc3)NC2=S)c1. The van der Waals surface area contributed by atoms with E-state index in [0.29, 0.717) is 27.8 Å². The van der Waals surface area contributed by atoms with Crippen molar-refractivity contribution in [1.82, 2.24) is 5.32 Å². The Morgan fingerprint density at radius 3 is 2.67 bits per heavy atom. The molecule has 0 aliphatic carbocycles. The molecule has 6 heteroatoms. The molecule has 1 aliphatic rings. The van der Waals surface area contributed by atoms with Crippen LogP contribution in [-0.2, 0) is 4.79 Å². The van der Waals surface area contributed by atoms with Gasteiger partial charge in [-0.3, -0.25) is 9.69 Å². The van der Waals surface area contributed by atoms with Crippen molar-refractivity contribution in [3.8, 4) is 11.8 Å². The van der Waals surface area contributed by atoms with Gasteiger partial charge in [0.1, 0.15) is 11.4 Å². The predicted molar refractivity (Wildman–Crippen MR) is 95.3 cm³/mol. The zero-order valence-electron chi connectivity index (χ0n) is 12.8. The van der Waals surface area contributed by atoms with Gasteiger partial charge in [0.25, 0.3) is 5.91 Å². The first-order valence-electron chi connectivity index (χ1n) is 7.14. The van der Waals surface area contributed by atoms with E-state index < -0.39 is 0 Å².